The molecule has 7 nitrogen and oxygen atoms in total. The number of non-ortho nitro benzene ring substituents is 1. The second-order valence-corrected chi connectivity index (χ2v) is 4.62. The fraction of sp³-hybridized carbons (Fsp3) is 0.385. The van der Waals surface area contributed by atoms with Crippen LogP contribution in [-0.4, -0.2) is 29.3 Å². The standard InChI is InChI=1S/C13H14N2O5/c1-8(16)11-6-10(15(18)19)4-5-12(11)20-7-13(17)14-9-2-3-9/h4-6,9H,2-3,7H2,1H3,(H,14,17). The van der Waals surface area contributed by atoms with Crippen LogP contribution in [0.2, 0.25) is 0 Å². The summed E-state index contributed by atoms with van der Waals surface area (Å²) >= 11 is 0. The minimum Gasteiger partial charge on any atom is -0.483 e. The maximum absolute atomic E-state index is 11.5. The van der Waals surface area contributed by atoms with Gasteiger partial charge in [-0.25, -0.2) is 0 Å². The Balaban J connectivity index is 2.07. The van der Waals surface area contributed by atoms with Gasteiger partial charge in [0, 0.05) is 18.2 Å². The van der Waals surface area contributed by atoms with Crippen molar-refractivity contribution in [3.8, 4) is 5.75 Å². The molecule has 0 radical (unpaired) electrons. The summed E-state index contributed by atoms with van der Waals surface area (Å²) in [5.41, 5.74) is -0.0941. The SMILES string of the molecule is CC(=O)c1cc([N+](=O)[O-])ccc1OCC(=O)NC1CC1. The summed E-state index contributed by atoms with van der Waals surface area (Å²) in [7, 11) is 0. The van der Waals surface area contributed by atoms with Gasteiger partial charge in [-0.2, -0.15) is 0 Å². The summed E-state index contributed by atoms with van der Waals surface area (Å²) in [6, 6.07) is 3.95. The van der Waals surface area contributed by atoms with Crippen molar-refractivity contribution in [1.29, 1.82) is 0 Å². The van der Waals surface area contributed by atoms with E-state index in [0.29, 0.717) is 0 Å². The molecular weight excluding hydrogens is 264 g/mol. The molecule has 1 amide bonds. The van der Waals surface area contributed by atoms with Crippen LogP contribution < -0.4 is 10.1 Å². The van der Waals surface area contributed by atoms with Crippen LogP contribution in [0.1, 0.15) is 30.1 Å². The zero-order valence-electron chi connectivity index (χ0n) is 10.9. The molecule has 1 aliphatic rings. The molecule has 106 valence electrons. The van der Waals surface area contributed by atoms with Crippen molar-refractivity contribution < 1.29 is 19.2 Å². The van der Waals surface area contributed by atoms with Gasteiger partial charge in [-0.3, -0.25) is 19.7 Å². The van der Waals surface area contributed by atoms with Crippen LogP contribution in [0.3, 0.4) is 0 Å². The topological polar surface area (TPSA) is 98.5 Å². The number of hydrogen-bond acceptors (Lipinski definition) is 5. The third-order valence-electron chi connectivity index (χ3n) is 2.85. The van der Waals surface area contributed by atoms with Gasteiger partial charge in [0.15, 0.2) is 12.4 Å². The third-order valence-corrected chi connectivity index (χ3v) is 2.85. The van der Waals surface area contributed by atoms with Gasteiger partial charge in [0.2, 0.25) is 0 Å². The molecule has 0 aromatic heterocycles. The minimum absolute atomic E-state index is 0.0958. The van der Waals surface area contributed by atoms with Gasteiger partial charge in [-0.15, -0.1) is 0 Å². The van der Waals surface area contributed by atoms with Crippen molar-refractivity contribution in [2.45, 2.75) is 25.8 Å². The molecule has 1 aromatic carbocycles. The Hall–Kier alpha value is -2.44. The number of rotatable bonds is 6. The maximum Gasteiger partial charge on any atom is 0.270 e. The lowest BCUT2D eigenvalue weighted by Crippen LogP contribution is -2.30. The molecular formula is C13H14N2O5. The lowest BCUT2D eigenvalue weighted by Gasteiger charge is -2.09. The van der Waals surface area contributed by atoms with Crippen LogP contribution in [0.5, 0.6) is 5.75 Å². The van der Waals surface area contributed by atoms with E-state index in [9.17, 15) is 19.7 Å². The number of carbonyl (C=O) groups excluding carboxylic acids is 2. The first-order chi connectivity index (χ1) is 9.47. The van der Waals surface area contributed by atoms with Crippen LogP contribution >= 0.6 is 0 Å². The molecule has 1 aromatic rings. The smallest absolute Gasteiger partial charge is 0.270 e. The first-order valence-electron chi connectivity index (χ1n) is 6.19. The number of benzene rings is 1. The van der Waals surface area contributed by atoms with Crippen molar-refractivity contribution in [3.63, 3.8) is 0 Å². The predicted octanol–water partition coefficient (Wildman–Crippen LogP) is 1.45. The average molecular weight is 278 g/mol. The molecule has 1 aliphatic carbocycles. The van der Waals surface area contributed by atoms with E-state index in [1.807, 2.05) is 0 Å². The van der Waals surface area contributed by atoms with Gasteiger partial charge < -0.3 is 10.1 Å². The van der Waals surface area contributed by atoms with Gasteiger partial charge in [0.25, 0.3) is 11.6 Å². The van der Waals surface area contributed by atoms with E-state index < -0.39 is 4.92 Å². The Labute approximate surface area is 115 Å². The van der Waals surface area contributed by atoms with Crippen molar-refractivity contribution in [1.82, 2.24) is 5.32 Å². The second kappa shape index (κ2) is 5.68. The number of nitro benzene ring substituents is 1. The highest BCUT2D eigenvalue weighted by atomic mass is 16.6. The molecule has 0 atom stereocenters. The first-order valence-corrected chi connectivity index (χ1v) is 6.19. The largest absolute Gasteiger partial charge is 0.483 e. The van der Waals surface area contributed by atoms with Crippen LogP contribution in [0.4, 0.5) is 5.69 Å². The molecule has 2 rings (SSSR count). The van der Waals surface area contributed by atoms with Gasteiger partial charge in [-0.05, 0) is 25.8 Å². The Morgan fingerprint density at radius 3 is 2.70 bits per heavy atom. The van der Waals surface area contributed by atoms with Crippen LogP contribution in [0.15, 0.2) is 18.2 Å². The van der Waals surface area contributed by atoms with Crippen molar-refractivity contribution in [2.75, 3.05) is 6.61 Å². The van der Waals surface area contributed by atoms with E-state index in [1.165, 1.54) is 19.1 Å². The molecule has 1 fully saturated rings. The van der Waals surface area contributed by atoms with E-state index in [2.05, 4.69) is 5.32 Å². The number of nitro groups is 1. The number of ketones is 1. The zero-order valence-corrected chi connectivity index (χ0v) is 10.9. The van der Waals surface area contributed by atoms with E-state index in [4.69, 9.17) is 4.74 Å². The van der Waals surface area contributed by atoms with E-state index >= 15 is 0 Å². The highest BCUT2D eigenvalue weighted by Gasteiger charge is 2.23. The molecule has 0 bridgehead atoms. The summed E-state index contributed by atoms with van der Waals surface area (Å²) in [5.74, 6) is -0.444. The Bertz CT molecular complexity index is 566. The fourth-order valence-electron chi connectivity index (χ4n) is 1.67. The van der Waals surface area contributed by atoms with Gasteiger partial charge in [0.05, 0.1) is 10.5 Å². The average Bonchev–Trinajstić information content (AvgIpc) is 3.19. The summed E-state index contributed by atoms with van der Waals surface area (Å²) in [4.78, 5) is 33.0. The first kappa shape index (κ1) is 14.0. The van der Waals surface area contributed by atoms with E-state index in [-0.39, 0.29) is 41.3 Å². The third kappa shape index (κ3) is 3.53. The molecule has 1 N–H and O–H groups in total. The van der Waals surface area contributed by atoms with Crippen LogP contribution in [-0.2, 0) is 4.79 Å². The Morgan fingerprint density at radius 2 is 2.15 bits per heavy atom. The lowest BCUT2D eigenvalue weighted by atomic mass is 10.1. The number of amides is 1. The van der Waals surface area contributed by atoms with Gasteiger partial charge in [-0.1, -0.05) is 0 Å². The molecule has 0 spiro atoms. The number of carbonyl (C=O) groups is 2. The van der Waals surface area contributed by atoms with Crippen LogP contribution in [0, 0.1) is 10.1 Å². The predicted molar refractivity (Wildman–Crippen MR) is 69.8 cm³/mol. The van der Waals surface area contributed by atoms with Crippen molar-refractivity contribution in [3.05, 3.63) is 33.9 Å². The monoisotopic (exact) mass is 278 g/mol. The number of hydrogen-bond donors (Lipinski definition) is 1. The summed E-state index contributed by atoms with van der Waals surface area (Å²) in [6.07, 6.45) is 1.95. The summed E-state index contributed by atoms with van der Waals surface area (Å²) < 4.78 is 5.27. The number of nitrogens with one attached hydrogen (secondary N) is 1. The molecule has 20 heavy (non-hydrogen) atoms. The van der Waals surface area contributed by atoms with Gasteiger partial charge in [0.1, 0.15) is 5.75 Å². The summed E-state index contributed by atoms with van der Waals surface area (Å²) in [5, 5.41) is 13.4. The van der Waals surface area contributed by atoms with Gasteiger partial charge >= 0.3 is 0 Å². The zero-order chi connectivity index (χ0) is 14.7. The maximum atomic E-state index is 11.5. The lowest BCUT2D eigenvalue weighted by molar-refractivity contribution is -0.384. The fourth-order valence-corrected chi connectivity index (χ4v) is 1.67. The van der Waals surface area contributed by atoms with Crippen molar-refractivity contribution >= 4 is 17.4 Å². The van der Waals surface area contributed by atoms with Crippen molar-refractivity contribution in [2.24, 2.45) is 0 Å². The molecule has 0 aliphatic heterocycles. The summed E-state index contributed by atoms with van der Waals surface area (Å²) in [6.45, 7) is 1.07. The Morgan fingerprint density at radius 1 is 1.45 bits per heavy atom. The molecule has 0 unspecified atom stereocenters. The molecule has 0 saturated heterocycles. The number of nitrogens with zero attached hydrogens (tertiary/aromatic N) is 1. The molecule has 0 heterocycles. The van der Waals surface area contributed by atoms with Crippen LogP contribution in [0.25, 0.3) is 0 Å². The number of Topliss-reactive ketones (excluding diaryl/α,β-unsaturated/α-hetero) is 1. The highest BCUT2D eigenvalue weighted by molar-refractivity contribution is 5.97. The second-order valence-electron chi connectivity index (χ2n) is 4.62. The Kier molecular flexibility index (Phi) is 3.97. The minimum atomic E-state index is -0.587. The van der Waals surface area contributed by atoms with E-state index in [1.54, 1.807) is 0 Å². The number of ether oxygens (including phenoxy) is 1. The molecule has 7 heteroatoms. The van der Waals surface area contributed by atoms with E-state index in [0.717, 1.165) is 18.9 Å². The normalized spacial score (nSPS) is 13.7. The quantitative estimate of drug-likeness (QED) is 0.482. The molecule has 1 saturated carbocycles. The highest BCUT2D eigenvalue weighted by Crippen LogP contribution is 2.25.